The fraction of sp³-hybridized carbons (Fsp3) is 0.0909. The Morgan fingerprint density at radius 1 is 0.733 bits per heavy atom. The molecule has 0 unspecified atom stereocenters. The highest BCUT2D eigenvalue weighted by Crippen LogP contribution is 2.35. The maximum Gasteiger partial charge on any atom is 0.422 e. The number of hydrogen-bond donors (Lipinski definition) is 0. The van der Waals surface area contributed by atoms with Crippen LogP contribution in [-0.4, -0.2) is 12.8 Å². The zero-order valence-electron chi connectivity index (χ0n) is 15.2. The van der Waals surface area contributed by atoms with Gasteiger partial charge in [-0.05, 0) is 46.5 Å². The van der Waals surface area contributed by atoms with Crippen LogP contribution in [0.15, 0.2) is 55.1 Å². The summed E-state index contributed by atoms with van der Waals surface area (Å²) in [6.45, 7) is 1.69. The summed E-state index contributed by atoms with van der Waals surface area (Å²) in [6.07, 6.45) is -3.21. The maximum absolute atomic E-state index is 14.6. The zero-order chi connectivity index (χ0) is 22.1. The average molecular weight is 426 g/mol. The summed E-state index contributed by atoms with van der Waals surface area (Å²) in [6, 6.07) is 9.63. The molecule has 0 radical (unpaired) electrons. The van der Waals surface area contributed by atoms with Crippen LogP contribution in [-0.2, 0) is 0 Å². The Morgan fingerprint density at radius 2 is 1.23 bits per heavy atom. The molecule has 0 atom stereocenters. The van der Waals surface area contributed by atoms with E-state index in [1.165, 1.54) is 0 Å². The molecule has 0 fully saturated rings. The largest absolute Gasteiger partial charge is 0.478 e. The summed E-state index contributed by atoms with van der Waals surface area (Å²) in [7, 11) is 0. The minimum atomic E-state index is -4.81. The van der Waals surface area contributed by atoms with Crippen molar-refractivity contribution >= 4 is 6.08 Å². The molecule has 0 heterocycles. The van der Waals surface area contributed by atoms with Crippen LogP contribution in [0.3, 0.4) is 0 Å². The summed E-state index contributed by atoms with van der Waals surface area (Å²) in [5.41, 5.74) is 0.248. The van der Waals surface area contributed by atoms with E-state index in [2.05, 4.69) is 11.3 Å². The molecular formula is C22H13F7O. The van der Waals surface area contributed by atoms with Crippen molar-refractivity contribution in [3.8, 4) is 28.0 Å². The van der Waals surface area contributed by atoms with Crippen LogP contribution in [0.2, 0.25) is 0 Å². The third kappa shape index (κ3) is 4.64. The van der Waals surface area contributed by atoms with Crippen molar-refractivity contribution < 1.29 is 35.5 Å². The van der Waals surface area contributed by atoms with Gasteiger partial charge in [0.05, 0.1) is 5.56 Å². The molecular weight excluding hydrogens is 413 g/mol. The van der Waals surface area contributed by atoms with Gasteiger partial charge in [0.2, 0.25) is 0 Å². The molecule has 3 aromatic rings. The summed E-state index contributed by atoms with van der Waals surface area (Å²) < 4.78 is 98.1. The van der Waals surface area contributed by atoms with Crippen LogP contribution in [0.5, 0.6) is 5.75 Å². The highest BCUT2D eigenvalue weighted by Gasteiger charge is 2.30. The predicted molar refractivity (Wildman–Crippen MR) is 98.8 cm³/mol. The highest BCUT2D eigenvalue weighted by atomic mass is 19.4. The summed E-state index contributed by atoms with van der Waals surface area (Å²) >= 11 is 0. The molecule has 3 rings (SSSR count). The first-order chi connectivity index (χ1) is 14.1. The topological polar surface area (TPSA) is 9.23 Å². The minimum Gasteiger partial charge on any atom is -0.478 e. The Balaban J connectivity index is 1.98. The molecule has 0 aliphatic carbocycles. The lowest BCUT2D eigenvalue weighted by Crippen LogP contribution is -2.20. The number of halogens is 7. The number of hydrogen-bond acceptors (Lipinski definition) is 1. The fourth-order valence-electron chi connectivity index (χ4n) is 2.82. The van der Waals surface area contributed by atoms with Crippen molar-refractivity contribution in [3.63, 3.8) is 0 Å². The van der Waals surface area contributed by atoms with Gasteiger partial charge in [-0.1, -0.05) is 36.9 Å². The van der Waals surface area contributed by atoms with Gasteiger partial charge in [0.15, 0.2) is 24.0 Å². The van der Waals surface area contributed by atoms with Crippen molar-refractivity contribution in [2.24, 2.45) is 0 Å². The van der Waals surface area contributed by atoms with Crippen LogP contribution >= 0.6 is 0 Å². The number of rotatable bonds is 5. The molecule has 0 aromatic heterocycles. The monoisotopic (exact) mass is 426 g/mol. The van der Waals surface area contributed by atoms with Gasteiger partial charge in [0.25, 0.3) is 0 Å². The molecule has 1 nitrogen and oxygen atoms in total. The highest BCUT2D eigenvalue weighted by molar-refractivity contribution is 5.73. The van der Waals surface area contributed by atoms with E-state index in [1.807, 2.05) is 0 Å². The number of alkyl halides is 3. The van der Waals surface area contributed by atoms with Gasteiger partial charge < -0.3 is 4.74 Å². The van der Waals surface area contributed by atoms with Crippen LogP contribution < -0.4 is 4.74 Å². The first-order valence-electron chi connectivity index (χ1n) is 8.50. The minimum absolute atomic E-state index is 0.190. The molecule has 156 valence electrons. The molecule has 8 heteroatoms. The second-order valence-electron chi connectivity index (χ2n) is 6.31. The van der Waals surface area contributed by atoms with Gasteiger partial charge in [-0.2, -0.15) is 13.2 Å². The van der Waals surface area contributed by atoms with Crippen molar-refractivity contribution in [2.75, 3.05) is 6.61 Å². The summed E-state index contributed by atoms with van der Waals surface area (Å²) in [4.78, 5) is 0. The Labute approximate surface area is 167 Å². The quantitative estimate of drug-likeness (QED) is 0.394. The third-order valence-corrected chi connectivity index (χ3v) is 4.19. The van der Waals surface area contributed by atoms with Crippen LogP contribution in [0.25, 0.3) is 28.3 Å². The fourth-order valence-corrected chi connectivity index (χ4v) is 2.82. The van der Waals surface area contributed by atoms with Crippen molar-refractivity contribution in [1.82, 2.24) is 0 Å². The standard InChI is InChI=1S/C22H13F7O/c1-2-12-3-5-13(6-4-12)14-7-16(23)20(17(24)8-14)15-9-18(25)21(19(26)10-15)30-11-22(27,28)29/h2-10H,1,11H2. The lowest BCUT2D eigenvalue weighted by Gasteiger charge is -2.13. The normalized spacial score (nSPS) is 11.4. The summed E-state index contributed by atoms with van der Waals surface area (Å²) in [5, 5.41) is 0. The van der Waals surface area contributed by atoms with E-state index in [4.69, 9.17) is 0 Å². The van der Waals surface area contributed by atoms with E-state index in [-0.39, 0.29) is 5.56 Å². The number of benzene rings is 3. The molecule has 0 aliphatic rings. The van der Waals surface area contributed by atoms with Gasteiger partial charge >= 0.3 is 6.18 Å². The molecule has 0 saturated heterocycles. The van der Waals surface area contributed by atoms with E-state index in [0.717, 1.165) is 17.7 Å². The molecule has 30 heavy (non-hydrogen) atoms. The summed E-state index contributed by atoms with van der Waals surface area (Å²) in [5.74, 6) is -6.51. The van der Waals surface area contributed by atoms with Crippen LogP contribution in [0, 0.1) is 23.3 Å². The van der Waals surface area contributed by atoms with E-state index < -0.39 is 52.9 Å². The Hall–Kier alpha value is -3.29. The van der Waals surface area contributed by atoms with Crippen LogP contribution in [0.4, 0.5) is 30.7 Å². The lowest BCUT2D eigenvalue weighted by atomic mass is 9.98. The Bertz CT molecular complexity index is 1040. The van der Waals surface area contributed by atoms with Gasteiger partial charge in [-0.25, -0.2) is 17.6 Å². The third-order valence-electron chi connectivity index (χ3n) is 4.19. The predicted octanol–water partition coefficient (Wildman–Crippen LogP) is 7.16. The SMILES string of the molecule is C=Cc1ccc(-c2cc(F)c(-c3cc(F)c(OCC(F)(F)F)c(F)c3)c(F)c2)cc1. The van der Waals surface area contributed by atoms with E-state index in [0.29, 0.717) is 17.7 Å². The molecule has 0 N–H and O–H groups in total. The molecule has 3 aromatic carbocycles. The van der Waals surface area contributed by atoms with Crippen LogP contribution in [0.1, 0.15) is 5.56 Å². The molecule has 0 bridgehead atoms. The molecule has 0 spiro atoms. The van der Waals surface area contributed by atoms with E-state index in [9.17, 15) is 30.7 Å². The second-order valence-corrected chi connectivity index (χ2v) is 6.31. The Morgan fingerprint density at radius 3 is 1.70 bits per heavy atom. The zero-order valence-corrected chi connectivity index (χ0v) is 15.2. The van der Waals surface area contributed by atoms with Crippen molar-refractivity contribution in [1.29, 1.82) is 0 Å². The Kier molecular flexibility index (Phi) is 5.87. The maximum atomic E-state index is 14.6. The molecule has 0 aliphatic heterocycles. The first kappa shape index (κ1) is 21.4. The smallest absolute Gasteiger partial charge is 0.422 e. The van der Waals surface area contributed by atoms with Gasteiger partial charge in [0.1, 0.15) is 11.6 Å². The lowest BCUT2D eigenvalue weighted by molar-refractivity contribution is -0.154. The average Bonchev–Trinajstić information content (AvgIpc) is 2.66. The van der Waals surface area contributed by atoms with Gasteiger partial charge in [-0.3, -0.25) is 0 Å². The molecule has 0 amide bonds. The van der Waals surface area contributed by atoms with Gasteiger partial charge in [-0.15, -0.1) is 0 Å². The van der Waals surface area contributed by atoms with E-state index >= 15 is 0 Å². The first-order valence-corrected chi connectivity index (χ1v) is 8.50. The van der Waals surface area contributed by atoms with Crippen molar-refractivity contribution in [3.05, 3.63) is 83.9 Å². The number of ether oxygens (including phenoxy) is 1. The second kappa shape index (κ2) is 8.22. The van der Waals surface area contributed by atoms with E-state index in [1.54, 1.807) is 30.3 Å². The van der Waals surface area contributed by atoms with Crippen molar-refractivity contribution in [2.45, 2.75) is 6.18 Å². The van der Waals surface area contributed by atoms with Gasteiger partial charge in [0, 0.05) is 0 Å². The molecule has 0 saturated carbocycles.